The molecule has 3 nitrogen and oxygen atoms in total. The number of likely N-dealkylation sites (N-methyl/N-ethyl adjacent to an activating group) is 1. The lowest BCUT2D eigenvalue weighted by molar-refractivity contribution is 0.0946. The van der Waals surface area contributed by atoms with Crippen LogP contribution in [-0.4, -0.2) is 25.0 Å². The molecule has 0 spiro atoms. The molecule has 6 heteroatoms. The summed E-state index contributed by atoms with van der Waals surface area (Å²) in [5.74, 6) is -0.907. The number of halogens is 3. The van der Waals surface area contributed by atoms with Gasteiger partial charge in [0.15, 0.2) is 0 Å². The molecular formula is C12H17BrClFN2O. The Morgan fingerprint density at radius 3 is 2.78 bits per heavy atom. The molecule has 0 aliphatic heterocycles. The maximum atomic E-state index is 13.4. The quantitative estimate of drug-likeness (QED) is 0.866. The number of amides is 1. The highest BCUT2D eigenvalue weighted by Crippen LogP contribution is 2.15. The molecule has 0 aromatic heterocycles. The molecule has 2 N–H and O–H groups in total. The zero-order chi connectivity index (χ0) is 12.8. The first kappa shape index (κ1) is 17.4. The first-order valence-corrected chi connectivity index (χ1v) is 6.30. The molecule has 0 saturated carbocycles. The number of hydrogen-bond donors (Lipinski definition) is 2. The van der Waals surface area contributed by atoms with E-state index in [4.69, 9.17) is 0 Å². The van der Waals surface area contributed by atoms with E-state index in [1.54, 1.807) is 6.07 Å². The van der Waals surface area contributed by atoms with Crippen LogP contribution in [0.3, 0.4) is 0 Å². The Balaban J connectivity index is 0.00000289. The average molecular weight is 340 g/mol. The third kappa shape index (κ3) is 5.33. The minimum Gasteiger partial charge on any atom is -0.350 e. The fraction of sp³-hybridized carbons (Fsp3) is 0.417. The molecular weight excluding hydrogens is 322 g/mol. The maximum absolute atomic E-state index is 13.4. The summed E-state index contributed by atoms with van der Waals surface area (Å²) in [4.78, 5) is 11.7. The minimum atomic E-state index is -0.512. The molecule has 1 atom stereocenters. The van der Waals surface area contributed by atoms with Crippen LogP contribution in [0.1, 0.15) is 24.2 Å². The number of rotatable bonds is 5. The molecule has 1 rings (SSSR count). The van der Waals surface area contributed by atoms with E-state index in [-0.39, 0.29) is 24.0 Å². The third-order valence-electron chi connectivity index (χ3n) is 2.29. The molecule has 0 fully saturated rings. The topological polar surface area (TPSA) is 41.1 Å². The van der Waals surface area contributed by atoms with Crippen LogP contribution in [-0.2, 0) is 0 Å². The Hall–Kier alpha value is -0.650. The van der Waals surface area contributed by atoms with Gasteiger partial charge in [-0.05, 0) is 31.7 Å². The Bertz CT molecular complexity index is 404. The maximum Gasteiger partial charge on any atom is 0.254 e. The first-order chi connectivity index (χ1) is 8.04. The molecule has 0 aliphatic carbocycles. The summed E-state index contributed by atoms with van der Waals surface area (Å²) >= 11 is 3.21. The first-order valence-electron chi connectivity index (χ1n) is 5.51. The lowest BCUT2D eigenvalue weighted by atomic mass is 10.2. The van der Waals surface area contributed by atoms with Crippen LogP contribution in [0.25, 0.3) is 0 Å². The molecule has 18 heavy (non-hydrogen) atoms. The minimum absolute atomic E-state index is 0. The van der Waals surface area contributed by atoms with Crippen molar-refractivity contribution in [3.63, 3.8) is 0 Å². The zero-order valence-electron chi connectivity index (χ0n) is 10.3. The summed E-state index contributed by atoms with van der Waals surface area (Å²) in [6.07, 6.45) is 0. The predicted molar refractivity (Wildman–Crippen MR) is 76.8 cm³/mol. The highest BCUT2D eigenvalue weighted by atomic mass is 79.9. The Morgan fingerprint density at radius 2 is 2.17 bits per heavy atom. The Morgan fingerprint density at radius 1 is 1.50 bits per heavy atom. The van der Waals surface area contributed by atoms with Crippen molar-refractivity contribution >= 4 is 34.2 Å². The van der Waals surface area contributed by atoms with Crippen molar-refractivity contribution in [1.29, 1.82) is 0 Å². The van der Waals surface area contributed by atoms with E-state index in [0.29, 0.717) is 11.0 Å². The highest BCUT2D eigenvalue weighted by Gasteiger charge is 2.12. The van der Waals surface area contributed by atoms with Gasteiger partial charge >= 0.3 is 0 Å². The van der Waals surface area contributed by atoms with E-state index in [1.165, 1.54) is 12.1 Å². The number of benzene rings is 1. The van der Waals surface area contributed by atoms with E-state index in [2.05, 4.69) is 26.6 Å². The van der Waals surface area contributed by atoms with Crippen LogP contribution in [0, 0.1) is 5.82 Å². The van der Waals surface area contributed by atoms with Crippen LogP contribution in [0.4, 0.5) is 4.39 Å². The molecule has 0 saturated heterocycles. The van der Waals surface area contributed by atoms with Gasteiger partial charge in [-0.3, -0.25) is 4.79 Å². The fourth-order valence-corrected chi connectivity index (χ4v) is 1.79. The number of carbonyl (C=O) groups is 1. The Labute approximate surface area is 121 Å². The molecule has 0 bridgehead atoms. The second kappa shape index (κ2) is 8.45. The van der Waals surface area contributed by atoms with Gasteiger partial charge < -0.3 is 10.6 Å². The molecule has 0 aliphatic rings. The van der Waals surface area contributed by atoms with Gasteiger partial charge in [0.2, 0.25) is 0 Å². The third-order valence-corrected chi connectivity index (χ3v) is 2.79. The Kier molecular flexibility index (Phi) is 8.15. The van der Waals surface area contributed by atoms with E-state index >= 15 is 0 Å². The average Bonchev–Trinajstić information content (AvgIpc) is 2.29. The van der Waals surface area contributed by atoms with Crippen LogP contribution < -0.4 is 10.6 Å². The van der Waals surface area contributed by atoms with Gasteiger partial charge in [0.1, 0.15) is 5.82 Å². The van der Waals surface area contributed by atoms with Crippen molar-refractivity contribution in [3.8, 4) is 0 Å². The zero-order valence-corrected chi connectivity index (χ0v) is 12.7. The van der Waals surface area contributed by atoms with Gasteiger partial charge in [-0.15, -0.1) is 12.4 Å². The van der Waals surface area contributed by atoms with Gasteiger partial charge in [-0.25, -0.2) is 4.39 Å². The summed E-state index contributed by atoms with van der Waals surface area (Å²) in [5.41, 5.74) is 0.0584. The highest BCUT2D eigenvalue weighted by molar-refractivity contribution is 9.10. The smallest absolute Gasteiger partial charge is 0.254 e. The van der Waals surface area contributed by atoms with E-state index in [1.807, 2.05) is 13.8 Å². The van der Waals surface area contributed by atoms with Crippen molar-refractivity contribution in [1.82, 2.24) is 10.6 Å². The van der Waals surface area contributed by atoms with E-state index < -0.39 is 11.7 Å². The molecule has 1 amide bonds. The second-order valence-electron chi connectivity index (χ2n) is 3.79. The van der Waals surface area contributed by atoms with Gasteiger partial charge in [-0.1, -0.05) is 22.9 Å². The molecule has 102 valence electrons. The molecule has 0 unspecified atom stereocenters. The number of nitrogens with one attached hydrogen (secondary N) is 2. The molecule has 0 radical (unpaired) electrons. The summed E-state index contributed by atoms with van der Waals surface area (Å²) in [5, 5.41) is 5.85. The lowest BCUT2D eigenvalue weighted by Crippen LogP contribution is -2.39. The van der Waals surface area contributed by atoms with Crippen LogP contribution in [0.5, 0.6) is 0 Å². The van der Waals surface area contributed by atoms with Gasteiger partial charge in [0, 0.05) is 17.1 Å². The normalized spacial score (nSPS) is 11.6. The van der Waals surface area contributed by atoms with Gasteiger partial charge in [0.25, 0.3) is 5.91 Å². The number of carbonyl (C=O) groups excluding carboxylic acids is 1. The molecule has 0 heterocycles. The summed E-state index contributed by atoms with van der Waals surface area (Å²) in [6, 6.07) is 4.47. The van der Waals surface area contributed by atoms with Crippen molar-refractivity contribution in [2.75, 3.05) is 13.1 Å². The van der Waals surface area contributed by atoms with Crippen LogP contribution in [0.2, 0.25) is 0 Å². The van der Waals surface area contributed by atoms with Crippen molar-refractivity contribution in [2.45, 2.75) is 19.9 Å². The SMILES string of the molecule is CCN[C@H](C)CNC(=O)c1cc(Br)ccc1F.Cl. The van der Waals surface area contributed by atoms with E-state index in [0.717, 1.165) is 6.54 Å². The van der Waals surface area contributed by atoms with E-state index in [9.17, 15) is 9.18 Å². The summed E-state index contributed by atoms with van der Waals surface area (Å²) < 4.78 is 14.1. The molecule has 1 aromatic carbocycles. The second-order valence-corrected chi connectivity index (χ2v) is 4.71. The van der Waals surface area contributed by atoms with Gasteiger partial charge in [0.05, 0.1) is 5.56 Å². The molecule has 1 aromatic rings. The summed E-state index contributed by atoms with van der Waals surface area (Å²) in [6.45, 7) is 5.26. The van der Waals surface area contributed by atoms with Crippen LogP contribution >= 0.6 is 28.3 Å². The summed E-state index contributed by atoms with van der Waals surface area (Å²) in [7, 11) is 0. The van der Waals surface area contributed by atoms with Crippen molar-refractivity contribution in [2.24, 2.45) is 0 Å². The van der Waals surface area contributed by atoms with Crippen molar-refractivity contribution in [3.05, 3.63) is 34.1 Å². The number of hydrogen-bond acceptors (Lipinski definition) is 2. The standard InChI is InChI=1S/C12H16BrFN2O.ClH/c1-3-15-8(2)7-16-12(17)10-6-9(13)4-5-11(10)14;/h4-6,8,15H,3,7H2,1-2H3,(H,16,17);1H/t8-;/m1./s1. The lowest BCUT2D eigenvalue weighted by Gasteiger charge is -2.13. The predicted octanol–water partition coefficient (Wildman–Crippen LogP) is 2.74. The monoisotopic (exact) mass is 338 g/mol. The van der Waals surface area contributed by atoms with Gasteiger partial charge in [-0.2, -0.15) is 0 Å². The largest absolute Gasteiger partial charge is 0.350 e. The fourth-order valence-electron chi connectivity index (χ4n) is 1.43. The van der Waals surface area contributed by atoms with Crippen LogP contribution in [0.15, 0.2) is 22.7 Å². The van der Waals surface area contributed by atoms with Crippen molar-refractivity contribution < 1.29 is 9.18 Å².